The van der Waals surface area contributed by atoms with Crippen LogP contribution in [-0.2, 0) is 12.8 Å². The zero-order chi connectivity index (χ0) is 14.4. The third-order valence-electron chi connectivity index (χ3n) is 4.14. The second-order valence-electron chi connectivity index (χ2n) is 5.62. The molecule has 0 spiro atoms. The molecule has 2 bridgehead atoms. The Morgan fingerprint density at radius 1 is 0.950 bits per heavy atom. The summed E-state index contributed by atoms with van der Waals surface area (Å²) in [6.07, 6.45) is 10.5. The average Bonchev–Trinajstić information content (AvgIpc) is 2.43. The van der Waals surface area contributed by atoms with Gasteiger partial charge in [-0.2, -0.15) is 0 Å². The first-order chi connectivity index (χ1) is 9.72. The van der Waals surface area contributed by atoms with Gasteiger partial charge in [-0.15, -0.1) is 0 Å². The number of anilines is 1. The fourth-order valence-corrected chi connectivity index (χ4v) is 3.08. The minimum absolute atomic E-state index is 0.242. The molecular weight excluding hydrogens is 252 g/mol. The molecule has 1 aromatic rings. The predicted octanol–water partition coefficient (Wildman–Crippen LogP) is 4.47. The third kappa shape index (κ3) is 3.71. The molecule has 110 valence electrons. The van der Waals surface area contributed by atoms with Crippen LogP contribution in [-0.4, -0.2) is 12.0 Å². The van der Waals surface area contributed by atoms with E-state index in [9.17, 15) is 10.1 Å². The van der Waals surface area contributed by atoms with E-state index in [4.69, 9.17) is 0 Å². The van der Waals surface area contributed by atoms with Crippen LogP contribution >= 0.6 is 0 Å². The molecule has 0 amide bonds. The number of aryl methyl sites for hydroxylation is 2. The van der Waals surface area contributed by atoms with Crippen molar-refractivity contribution in [2.75, 3.05) is 12.4 Å². The van der Waals surface area contributed by atoms with Crippen molar-refractivity contribution in [3.63, 3.8) is 0 Å². The van der Waals surface area contributed by atoms with Crippen molar-refractivity contribution in [2.24, 2.45) is 0 Å². The molecule has 0 unspecified atom stereocenters. The Morgan fingerprint density at radius 3 is 1.80 bits per heavy atom. The van der Waals surface area contributed by atoms with Crippen LogP contribution in [0.5, 0.6) is 0 Å². The highest BCUT2D eigenvalue weighted by molar-refractivity contribution is 5.62. The molecule has 0 radical (unpaired) electrons. The number of nitro groups is 1. The lowest BCUT2D eigenvalue weighted by Crippen LogP contribution is -2.04. The number of nitrogens with zero attached hydrogens (tertiary/aromatic N) is 1. The molecule has 0 saturated heterocycles. The molecule has 0 aromatic heterocycles. The fraction of sp³-hybridized carbons (Fsp3) is 0.625. The number of nitrogens with one attached hydrogen (secondary N) is 1. The molecule has 1 aliphatic rings. The molecule has 1 aromatic carbocycles. The number of benzene rings is 1. The fourth-order valence-electron chi connectivity index (χ4n) is 3.08. The van der Waals surface area contributed by atoms with E-state index in [1.165, 1.54) is 32.1 Å². The maximum atomic E-state index is 11.1. The predicted molar refractivity (Wildman–Crippen MR) is 82.4 cm³/mol. The first kappa shape index (κ1) is 14.8. The van der Waals surface area contributed by atoms with Crippen LogP contribution < -0.4 is 5.32 Å². The van der Waals surface area contributed by atoms with Gasteiger partial charge in [0.15, 0.2) is 0 Å². The van der Waals surface area contributed by atoms with E-state index >= 15 is 0 Å². The normalized spacial score (nSPS) is 16.9. The smallest absolute Gasteiger partial charge is 0.270 e. The van der Waals surface area contributed by atoms with E-state index in [-0.39, 0.29) is 10.6 Å². The van der Waals surface area contributed by atoms with Crippen LogP contribution in [0.25, 0.3) is 0 Å². The van der Waals surface area contributed by atoms with Crippen LogP contribution in [0, 0.1) is 10.1 Å². The van der Waals surface area contributed by atoms with Gasteiger partial charge >= 0.3 is 0 Å². The molecule has 1 aliphatic carbocycles. The summed E-state index contributed by atoms with van der Waals surface area (Å²) in [5, 5.41) is 14.4. The molecule has 4 heteroatoms. The minimum Gasteiger partial charge on any atom is -0.388 e. The van der Waals surface area contributed by atoms with Gasteiger partial charge in [0, 0.05) is 24.9 Å². The van der Waals surface area contributed by atoms with Gasteiger partial charge < -0.3 is 5.32 Å². The van der Waals surface area contributed by atoms with Crippen molar-refractivity contribution in [1.82, 2.24) is 0 Å². The van der Waals surface area contributed by atoms with Crippen LogP contribution in [0.3, 0.4) is 0 Å². The molecule has 0 fully saturated rings. The van der Waals surface area contributed by atoms with Crippen molar-refractivity contribution in [1.29, 1.82) is 0 Å². The average molecular weight is 276 g/mol. The molecule has 1 N–H and O–H groups in total. The number of rotatable bonds is 2. The Balaban J connectivity index is 2.35. The summed E-state index contributed by atoms with van der Waals surface area (Å²) in [4.78, 5) is 10.8. The van der Waals surface area contributed by atoms with Gasteiger partial charge in [0.2, 0.25) is 0 Å². The summed E-state index contributed by atoms with van der Waals surface area (Å²) in [5.74, 6) is 0. The maximum absolute atomic E-state index is 11.1. The van der Waals surface area contributed by atoms with Gasteiger partial charge in [-0.3, -0.25) is 10.1 Å². The zero-order valence-electron chi connectivity index (χ0n) is 12.3. The number of non-ortho nitro benzene ring substituents is 1. The van der Waals surface area contributed by atoms with Crippen molar-refractivity contribution in [3.05, 3.63) is 33.4 Å². The molecule has 2 rings (SSSR count). The second-order valence-corrected chi connectivity index (χ2v) is 5.62. The summed E-state index contributed by atoms with van der Waals surface area (Å²) in [6, 6.07) is 3.50. The monoisotopic (exact) mass is 276 g/mol. The quantitative estimate of drug-likeness (QED) is 0.640. The molecule has 0 aliphatic heterocycles. The Hall–Kier alpha value is -1.58. The highest BCUT2D eigenvalue weighted by Crippen LogP contribution is 2.30. The number of fused-ring (bicyclic) bond motifs is 2. The van der Waals surface area contributed by atoms with E-state index in [1.807, 2.05) is 7.05 Å². The van der Waals surface area contributed by atoms with Crippen molar-refractivity contribution < 1.29 is 4.92 Å². The van der Waals surface area contributed by atoms with Crippen LogP contribution in [0.2, 0.25) is 0 Å². The Kier molecular flexibility index (Phi) is 5.39. The van der Waals surface area contributed by atoms with Gasteiger partial charge in [0.1, 0.15) is 0 Å². The molecule has 20 heavy (non-hydrogen) atoms. The minimum atomic E-state index is -0.266. The summed E-state index contributed by atoms with van der Waals surface area (Å²) in [7, 11) is 1.92. The molecule has 4 nitrogen and oxygen atoms in total. The van der Waals surface area contributed by atoms with Crippen molar-refractivity contribution in [2.45, 2.75) is 57.8 Å². The molecule has 0 atom stereocenters. The lowest BCUT2D eigenvalue weighted by molar-refractivity contribution is -0.385. The molecule has 0 heterocycles. The molecular formula is C16H24N2O2. The SMILES string of the molecule is CNc1c2cc([N+](=O)[O-])cc1CCCCCCCCC2. The number of hydrogen-bond acceptors (Lipinski definition) is 3. The van der Waals surface area contributed by atoms with Gasteiger partial charge in [-0.05, 0) is 36.8 Å². The van der Waals surface area contributed by atoms with Gasteiger partial charge in [-0.1, -0.05) is 32.1 Å². The van der Waals surface area contributed by atoms with Gasteiger partial charge in [0.25, 0.3) is 5.69 Å². The Morgan fingerprint density at radius 2 is 1.40 bits per heavy atom. The second kappa shape index (κ2) is 7.27. The largest absolute Gasteiger partial charge is 0.388 e. The zero-order valence-corrected chi connectivity index (χ0v) is 12.3. The van der Waals surface area contributed by atoms with Crippen LogP contribution in [0.4, 0.5) is 11.4 Å². The van der Waals surface area contributed by atoms with E-state index in [0.29, 0.717) is 0 Å². The topological polar surface area (TPSA) is 55.2 Å². The van der Waals surface area contributed by atoms with Gasteiger partial charge in [0.05, 0.1) is 4.92 Å². The first-order valence-corrected chi connectivity index (χ1v) is 7.70. The third-order valence-corrected chi connectivity index (χ3v) is 4.14. The van der Waals surface area contributed by atoms with E-state index in [0.717, 1.165) is 42.5 Å². The van der Waals surface area contributed by atoms with Gasteiger partial charge in [-0.25, -0.2) is 0 Å². The lowest BCUT2D eigenvalue weighted by atomic mass is 9.95. The van der Waals surface area contributed by atoms with Crippen LogP contribution in [0.15, 0.2) is 12.1 Å². The lowest BCUT2D eigenvalue weighted by Gasteiger charge is -2.16. The first-order valence-electron chi connectivity index (χ1n) is 7.70. The number of hydrogen-bond donors (Lipinski definition) is 1. The van der Waals surface area contributed by atoms with E-state index in [1.54, 1.807) is 12.1 Å². The highest BCUT2D eigenvalue weighted by atomic mass is 16.6. The Labute approximate surface area is 120 Å². The Bertz CT molecular complexity index is 441. The summed E-state index contributed by atoms with van der Waals surface area (Å²) in [5.41, 5.74) is 3.58. The van der Waals surface area contributed by atoms with E-state index in [2.05, 4.69) is 5.32 Å². The number of nitro benzene ring substituents is 1. The highest BCUT2D eigenvalue weighted by Gasteiger charge is 2.16. The molecule has 0 saturated carbocycles. The summed E-state index contributed by atoms with van der Waals surface area (Å²) in [6.45, 7) is 0. The van der Waals surface area contributed by atoms with Crippen LogP contribution in [0.1, 0.15) is 56.1 Å². The van der Waals surface area contributed by atoms with E-state index < -0.39 is 0 Å². The van der Waals surface area contributed by atoms with Crippen molar-refractivity contribution in [3.8, 4) is 0 Å². The summed E-state index contributed by atoms with van der Waals surface area (Å²) < 4.78 is 0. The summed E-state index contributed by atoms with van der Waals surface area (Å²) >= 11 is 0. The standard InChI is InChI=1S/C16H24N2O2/c1-17-16-13-9-7-5-3-2-4-6-8-10-14(16)12-15(11-13)18(19)20/h11-12,17H,2-10H2,1H3. The maximum Gasteiger partial charge on any atom is 0.270 e. The van der Waals surface area contributed by atoms with Crippen molar-refractivity contribution >= 4 is 11.4 Å².